The molecule has 0 spiro atoms. The standard InChI is InChI=1S/C14H19FN2O/c1-8-6-7-10-11(4-3-5-12(10)15)13(8)17-14(18)9(2)16/h3-5,8-9,13H,6-7,16H2,1-2H3,(H,17,18)/t8?,9-,13?/m1/s1. The first-order valence-electron chi connectivity index (χ1n) is 6.34. The minimum absolute atomic E-state index is 0.136. The SMILES string of the molecule is CC1CCc2c(F)cccc2C1NC(=O)[C@@H](C)N. The number of carbonyl (C=O) groups is 1. The normalized spacial score (nSPS) is 24.2. The zero-order chi connectivity index (χ0) is 13.3. The minimum atomic E-state index is -0.545. The fourth-order valence-corrected chi connectivity index (χ4v) is 2.48. The monoisotopic (exact) mass is 250 g/mol. The first kappa shape index (κ1) is 13.0. The van der Waals surface area contributed by atoms with E-state index in [2.05, 4.69) is 12.2 Å². The summed E-state index contributed by atoms with van der Waals surface area (Å²) in [5.41, 5.74) is 7.18. The van der Waals surface area contributed by atoms with E-state index in [-0.39, 0.29) is 17.8 Å². The summed E-state index contributed by atoms with van der Waals surface area (Å²) in [4.78, 5) is 11.7. The first-order valence-corrected chi connectivity index (χ1v) is 6.34. The Labute approximate surface area is 107 Å². The summed E-state index contributed by atoms with van der Waals surface area (Å²) in [6.07, 6.45) is 1.60. The van der Waals surface area contributed by atoms with E-state index in [1.54, 1.807) is 13.0 Å². The molecule has 0 saturated heterocycles. The lowest BCUT2D eigenvalue weighted by molar-refractivity contribution is -0.123. The predicted molar refractivity (Wildman–Crippen MR) is 68.4 cm³/mol. The predicted octanol–water partition coefficient (Wildman–Crippen LogP) is 1.91. The molecule has 0 fully saturated rings. The molecule has 0 radical (unpaired) electrons. The van der Waals surface area contributed by atoms with Crippen molar-refractivity contribution in [2.45, 2.75) is 38.8 Å². The highest BCUT2D eigenvalue weighted by Crippen LogP contribution is 2.35. The van der Waals surface area contributed by atoms with Crippen LogP contribution in [0.2, 0.25) is 0 Å². The lowest BCUT2D eigenvalue weighted by atomic mass is 9.80. The average Bonchev–Trinajstić information content (AvgIpc) is 2.32. The third-order valence-electron chi connectivity index (χ3n) is 3.62. The van der Waals surface area contributed by atoms with Gasteiger partial charge in [-0.15, -0.1) is 0 Å². The van der Waals surface area contributed by atoms with Crippen LogP contribution in [-0.2, 0) is 11.2 Å². The van der Waals surface area contributed by atoms with Gasteiger partial charge < -0.3 is 11.1 Å². The maximum Gasteiger partial charge on any atom is 0.237 e. The summed E-state index contributed by atoms with van der Waals surface area (Å²) in [6, 6.07) is 4.37. The van der Waals surface area contributed by atoms with Crippen molar-refractivity contribution in [3.05, 3.63) is 35.1 Å². The summed E-state index contributed by atoms with van der Waals surface area (Å²) in [5.74, 6) is -0.0783. The zero-order valence-electron chi connectivity index (χ0n) is 10.7. The second-order valence-corrected chi connectivity index (χ2v) is 5.10. The van der Waals surface area contributed by atoms with E-state index < -0.39 is 6.04 Å². The zero-order valence-corrected chi connectivity index (χ0v) is 10.7. The number of carbonyl (C=O) groups excluding carboxylic acids is 1. The third-order valence-corrected chi connectivity index (χ3v) is 3.62. The molecular formula is C14H19FN2O. The van der Waals surface area contributed by atoms with Crippen LogP contribution in [0, 0.1) is 11.7 Å². The molecule has 0 saturated carbocycles. The third kappa shape index (κ3) is 2.38. The Hall–Kier alpha value is -1.42. The molecule has 0 aliphatic heterocycles. The minimum Gasteiger partial charge on any atom is -0.348 e. The van der Waals surface area contributed by atoms with Gasteiger partial charge in [0.25, 0.3) is 0 Å². The number of hydrogen-bond donors (Lipinski definition) is 2. The van der Waals surface area contributed by atoms with Gasteiger partial charge in [-0.1, -0.05) is 19.1 Å². The highest BCUT2D eigenvalue weighted by Gasteiger charge is 2.29. The number of rotatable bonds is 2. The van der Waals surface area contributed by atoms with Gasteiger partial charge >= 0.3 is 0 Å². The van der Waals surface area contributed by atoms with Crippen molar-refractivity contribution in [1.29, 1.82) is 0 Å². The summed E-state index contributed by atoms with van der Waals surface area (Å²) in [5, 5.41) is 2.92. The molecule has 1 aromatic carbocycles. The number of halogens is 1. The van der Waals surface area contributed by atoms with Crippen molar-refractivity contribution >= 4 is 5.91 Å². The molecule has 18 heavy (non-hydrogen) atoms. The maximum atomic E-state index is 13.7. The van der Waals surface area contributed by atoms with Gasteiger partial charge in [-0.25, -0.2) is 4.39 Å². The topological polar surface area (TPSA) is 55.1 Å². The summed E-state index contributed by atoms with van der Waals surface area (Å²) < 4.78 is 13.7. The Balaban J connectivity index is 2.31. The van der Waals surface area contributed by atoms with Crippen molar-refractivity contribution in [3.8, 4) is 0 Å². The summed E-state index contributed by atoms with van der Waals surface area (Å²) in [7, 11) is 0. The Bertz CT molecular complexity index is 459. The molecule has 0 aromatic heterocycles. The highest BCUT2D eigenvalue weighted by molar-refractivity contribution is 5.81. The Morgan fingerprint density at radius 2 is 2.28 bits per heavy atom. The summed E-state index contributed by atoms with van der Waals surface area (Å²) >= 11 is 0. The Morgan fingerprint density at radius 3 is 2.94 bits per heavy atom. The van der Waals surface area contributed by atoms with Gasteiger partial charge in [0.1, 0.15) is 5.82 Å². The molecule has 2 unspecified atom stereocenters. The van der Waals surface area contributed by atoms with Crippen LogP contribution in [-0.4, -0.2) is 11.9 Å². The van der Waals surface area contributed by atoms with Crippen LogP contribution in [0.4, 0.5) is 4.39 Å². The molecule has 1 amide bonds. The van der Waals surface area contributed by atoms with Gasteiger partial charge in [-0.2, -0.15) is 0 Å². The van der Waals surface area contributed by atoms with Crippen molar-refractivity contribution < 1.29 is 9.18 Å². The largest absolute Gasteiger partial charge is 0.348 e. The van der Waals surface area contributed by atoms with Crippen LogP contribution >= 0.6 is 0 Å². The summed E-state index contributed by atoms with van der Waals surface area (Å²) in [6.45, 7) is 3.72. The maximum absolute atomic E-state index is 13.7. The van der Waals surface area contributed by atoms with Crippen LogP contribution in [0.5, 0.6) is 0 Å². The van der Waals surface area contributed by atoms with Crippen molar-refractivity contribution in [2.75, 3.05) is 0 Å². The molecule has 98 valence electrons. The number of amides is 1. The number of hydrogen-bond acceptors (Lipinski definition) is 2. The Kier molecular flexibility index (Phi) is 3.66. The van der Waals surface area contributed by atoms with E-state index in [0.717, 1.165) is 24.0 Å². The molecule has 1 aliphatic rings. The van der Waals surface area contributed by atoms with Crippen molar-refractivity contribution in [1.82, 2.24) is 5.32 Å². The lowest BCUT2D eigenvalue weighted by Crippen LogP contribution is -2.43. The second-order valence-electron chi connectivity index (χ2n) is 5.10. The highest BCUT2D eigenvalue weighted by atomic mass is 19.1. The average molecular weight is 250 g/mol. The van der Waals surface area contributed by atoms with Crippen molar-refractivity contribution in [2.24, 2.45) is 11.7 Å². The molecule has 3 N–H and O–H groups in total. The Morgan fingerprint density at radius 1 is 1.56 bits per heavy atom. The molecule has 0 heterocycles. The van der Waals surface area contributed by atoms with E-state index >= 15 is 0 Å². The fourth-order valence-electron chi connectivity index (χ4n) is 2.48. The lowest BCUT2D eigenvalue weighted by Gasteiger charge is -2.32. The van der Waals surface area contributed by atoms with Gasteiger partial charge in [-0.3, -0.25) is 4.79 Å². The molecule has 3 atom stereocenters. The number of nitrogens with one attached hydrogen (secondary N) is 1. The molecule has 4 heteroatoms. The van der Waals surface area contributed by atoms with Gasteiger partial charge in [0.2, 0.25) is 5.91 Å². The van der Waals surface area contributed by atoms with Gasteiger partial charge in [0, 0.05) is 0 Å². The van der Waals surface area contributed by atoms with Crippen molar-refractivity contribution in [3.63, 3.8) is 0 Å². The number of nitrogens with two attached hydrogens (primary N) is 1. The smallest absolute Gasteiger partial charge is 0.237 e. The van der Waals surface area contributed by atoms with Gasteiger partial charge in [0.15, 0.2) is 0 Å². The number of fused-ring (bicyclic) bond motifs is 1. The molecule has 1 aliphatic carbocycles. The molecule has 0 bridgehead atoms. The quantitative estimate of drug-likeness (QED) is 0.842. The molecule has 2 rings (SSSR count). The second kappa shape index (κ2) is 5.06. The first-order chi connectivity index (χ1) is 8.50. The van der Waals surface area contributed by atoms with Crippen LogP contribution in [0.15, 0.2) is 18.2 Å². The van der Waals surface area contributed by atoms with Crippen LogP contribution < -0.4 is 11.1 Å². The molecular weight excluding hydrogens is 231 g/mol. The van der Waals surface area contributed by atoms with E-state index in [1.165, 1.54) is 6.07 Å². The number of benzene rings is 1. The van der Waals surface area contributed by atoms with Crippen LogP contribution in [0.1, 0.15) is 37.4 Å². The van der Waals surface area contributed by atoms with Gasteiger partial charge in [0.05, 0.1) is 12.1 Å². The fraction of sp³-hybridized carbons (Fsp3) is 0.500. The van der Waals surface area contributed by atoms with E-state index in [1.807, 2.05) is 6.07 Å². The van der Waals surface area contributed by atoms with Crippen LogP contribution in [0.3, 0.4) is 0 Å². The van der Waals surface area contributed by atoms with E-state index in [9.17, 15) is 9.18 Å². The molecule has 1 aromatic rings. The molecule has 3 nitrogen and oxygen atoms in total. The van der Waals surface area contributed by atoms with Gasteiger partial charge in [-0.05, 0) is 42.9 Å². The van der Waals surface area contributed by atoms with E-state index in [0.29, 0.717) is 5.92 Å². The van der Waals surface area contributed by atoms with Crippen LogP contribution in [0.25, 0.3) is 0 Å². The van der Waals surface area contributed by atoms with E-state index in [4.69, 9.17) is 5.73 Å².